The van der Waals surface area contributed by atoms with Gasteiger partial charge >= 0.3 is 0 Å². The van der Waals surface area contributed by atoms with Crippen molar-refractivity contribution in [2.45, 2.75) is 39.2 Å². The molecule has 1 aliphatic rings. The summed E-state index contributed by atoms with van der Waals surface area (Å²) in [4.78, 5) is 11.4. The van der Waals surface area contributed by atoms with Gasteiger partial charge in [-0.05, 0) is 69.8 Å². The summed E-state index contributed by atoms with van der Waals surface area (Å²) in [6.07, 6.45) is 5.37. The number of aryl methyl sites for hydroxylation is 1. The van der Waals surface area contributed by atoms with Crippen LogP contribution < -0.4 is 0 Å². The minimum atomic E-state index is 0.140. The normalized spacial score (nSPS) is 17.1. The Morgan fingerprint density at radius 3 is 2.63 bits per heavy atom. The topological polar surface area (TPSA) is 55.1 Å². The molecule has 5 nitrogen and oxygen atoms in total. The third kappa shape index (κ3) is 4.08. The summed E-state index contributed by atoms with van der Waals surface area (Å²) in [5.74, 6) is 2.07. The molecule has 4 rings (SSSR count). The lowest BCUT2D eigenvalue weighted by Gasteiger charge is -2.34. The molecular weight excluding hydrogens is 336 g/mol. The molecular formula is C22H26N4O. The highest BCUT2D eigenvalue weighted by Gasteiger charge is 2.27. The first-order valence-electron chi connectivity index (χ1n) is 9.74. The van der Waals surface area contributed by atoms with E-state index in [1.54, 1.807) is 6.20 Å². The van der Waals surface area contributed by atoms with Gasteiger partial charge < -0.3 is 4.52 Å². The number of nitrogens with zero attached hydrogens (tertiary/aromatic N) is 4. The van der Waals surface area contributed by atoms with Gasteiger partial charge in [-0.2, -0.15) is 4.98 Å². The quantitative estimate of drug-likeness (QED) is 0.671. The van der Waals surface area contributed by atoms with Crippen LogP contribution in [0.5, 0.6) is 0 Å². The van der Waals surface area contributed by atoms with E-state index in [2.05, 4.69) is 57.3 Å². The Hall–Kier alpha value is -2.53. The molecule has 0 saturated carbocycles. The summed E-state index contributed by atoms with van der Waals surface area (Å²) < 4.78 is 5.58. The van der Waals surface area contributed by atoms with Crippen molar-refractivity contribution in [3.63, 3.8) is 0 Å². The summed E-state index contributed by atoms with van der Waals surface area (Å²) in [5, 5.41) is 4.18. The molecule has 1 fully saturated rings. The molecule has 5 heteroatoms. The Morgan fingerprint density at radius 2 is 1.89 bits per heavy atom. The Balaban J connectivity index is 1.37. The average Bonchev–Trinajstić information content (AvgIpc) is 3.19. The van der Waals surface area contributed by atoms with Gasteiger partial charge in [0.15, 0.2) is 0 Å². The van der Waals surface area contributed by atoms with Gasteiger partial charge in [-0.3, -0.25) is 9.88 Å². The lowest BCUT2D eigenvalue weighted by molar-refractivity contribution is 0.119. The second-order valence-electron chi connectivity index (χ2n) is 7.44. The largest absolute Gasteiger partial charge is 0.337 e. The molecule has 0 bridgehead atoms. The predicted octanol–water partition coefficient (Wildman–Crippen LogP) is 4.46. The summed E-state index contributed by atoms with van der Waals surface area (Å²) in [5.41, 5.74) is 3.29. The molecule has 0 N–H and O–H groups in total. The minimum Gasteiger partial charge on any atom is -0.337 e. The maximum Gasteiger partial charge on any atom is 0.244 e. The van der Waals surface area contributed by atoms with Crippen LogP contribution in [-0.4, -0.2) is 33.1 Å². The van der Waals surface area contributed by atoms with Crippen molar-refractivity contribution in [2.75, 3.05) is 13.1 Å². The van der Waals surface area contributed by atoms with Crippen molar-refractivity contribution in [1.82, 2.24) is 20.0 Å². The molecule has 0 amide bonds. The molecule has 3 heterocycles. The van der Waals surface area contributed by atoms with Gasteiger partial charge in [-0.25, -0.2) is 0 Å². The first-order chi connectivity index (χ1) is 13.2. The van der Waals surface area contributed by atoms with Crippen molar-refractivity contribution in [1.29, 1.82) is 0 Å². The average molecular weight is 362 g/mol. The fourth-order valence-corrected chi connectivity index (χ4v) is 3.88. The van der Waals surface area contributed by atoms with E-state index >= 15 is 0 Å². The highest BCUT2D eigenvalue weighted by Crippen LogP contribution is 2.29. The number of piperidine rings is 1. The van der Waals surface area contributed by atoms with Gasteiger partial charge in [0.25, 0.3) is 0 Å². The first-order valence-corrected chi connectivity index (χ1v) is 9.74. The summed E-state index contributed by atoms with van der Waals surface area (Å²) in [6.45, 7) is 6.27. The van der Waals surface area contributed by atoms with E-state index in [-0.39, 0.29) is 6.04 Å². The molecule has 0 aliphatic carbocycles. The molecule has 2 aromatic heterocycles. The molecule has 1 aromatic carbocycles. The second-order valence-corrected chi connectivity index (χ2v) is 7.44. The fourth-order valence-electron chi connectivity index (χ4n) is 3.88. The van der Waals surface area contributed by atoms with E-state index in [4.69, 9.17) is 4.52 Å². The number of likely N-dealkylation sites (tertiary alicyclic amines) is 1. The zero-order valence-corrected chi connectivity index (χ0v) is 16.0. The third-order valence-corrected chi connectivity index (χ3v) is 5.61. The fraction of sp³-hybridized carbons (Fsp3) is 0.409. The number of benzene rings is 1. The van der Waals surface area contributed by atoms with Crippen LogP contribution in [0.15, 0.2) is 53.2 Å². The molecule has 140 valence electrons. The number of rotatable bonds is 5. The molecule has 0 radical (unpaired) electrons. The zero-order valence-electron chi connectivity index (χ0n) is 16.0. The van der Waals surface area contributed by atoms with Crippen molar-refractivity contribution in [3.8, 4) is 11.4 Å². The maximum absolute atomic E-state index is 5.58. The lowest BCUT2D eigenvalue weighted by Crippen LogP contribution is -2.36. The molecule has 1 aliphatic heterocycles. The van der Waals surface area contributed by atoms with Crippen LogP contribution in [0.1, 0.15) is 43.0 Å². The predicted molar refractivity (Wildman–Crippen MR) is 105 cm³/mol. The molecule has 1 saturated heterocycles. The molecule has 3 aromatic rings. The minimum absolute atomic E-state index is 0.140. The Kier molecular flexibility index (Phi) is 5.30. The van der Waals surface area contributed by atoms with Crippen molar-refractivity contribution < 1.29 is 4.52 Å². The van der Waals surface area contributed by atoms with Crippen LogP contribution in [0.3, 0.4) is 0 Å². The zero-order chi connectivity index (χ0) is 18.6. The number of hydrogen-bond acceptors (Lipinski definition) is 5. The summed E-state index contributed by atoms with van der Waals surface area (Å²) >= 11 is 0. The van der Waals surface area contributed by atoms with Crippen LogP contribution in [-0.2, 0) is 6.42 Å². The second kappa shape index (κ2) is 8.01. The maximum atomic E-state index is 5.58. The monoisotopic (exact) mass is 362 g/mol. The number of hydrogen-bond donors (Lipinski definition) is 0. The smallest absolute Gasteiger partial charge is 0.244 e. The van der Waals surface area contributed by atoms with Crippen LogP contribution in [0.4, 0.5) is 0 Å². The third-order valence-electron chi connectivity index (χ3n) is 5.61. The van der Waals surface area contributed by atoms with Crippen molar-refractivity contribution >= 4 is 0 Å². The van der Waals surface area contributed by atoms with Gasteiger partial charge in [0.2, 0.25) is 11.7 Å². The van der Waals surface area contributed by atoms with Crippen LogP contribution in [0, 0.1) is 12.8 Å². The molecule has 0 spiro atoms. The number of aromatic nitrogens is 3. The highest BCUT2D eigenvalue weighted by atomic mass is 16.5. The number of pyridine rings is 1. The first kappa shape index (κ1) is 17.9. The summed E-state index contributed by atoms with van der Waals surface area (Å²) in [7, 11) is 0. The van der Waals surface area contributed by atoms with Gasteiger partial charge in [0.1, 0.15) is 0 Å². The van der Waals surface area contributed by atoms with Gasteiger partial charge in [-0.15, -0.1) is 0 Å². The highest BCUT2D eigenvalue weighted by molar-refractivity contribution is 5.56. The summed E-state index contributed by atoms with van der Waals surface area (Å²) in [6, 6.07) is 14.8. The van der Waals surface area contributed by atoms with E-state index < -0.39 is 0 Å². The van der Waals surface area contributed by atoms with E-state index in [1.165, 1.54) is 24.8 Å². The van der Waals surface area contributed by atoms with E-state index in [9.17, 15) is 0 Å². The Bertz CT molecular complexity index is 869. The standard InChI is InChI=1S/C22H26N4O/c1-16-20(9-6-12-23-16)21-24-22(27-25-21)17(2)26-13-10-19(11-14-26)15-18-7-4-3-5-8-18/h3-9,12,17,19H,10-11,13-15H2,1-2H3. The van der Waals surface area contributed by atoms with Gasteiger partial charge in [0.05, 0.1) is 6.04 Å². The van der Waals surface area contributed by atoms with Gasteiger partial charge in [0, 0.05) is 17.5 Å². The SMILES string of the molecule is Cc1ncccc1-c1noc(C(C)N2CCC(Cc3ccccc3)CC2)n1. The van der Waals surface area contributed by atoms with Crippen molar-refractivity contribution in [2.24, 2.45) is 5.92 Å². The van der Waals surface area contributed by atoms with E-state index in [1.807, 2.05) is 19.1 Å². The Labute approximate surface area is 160 Å². The van der Waals surface area contributed by atoms with Crippen LogP contribution >= 0.6 is 0 Å². The van der Waals surface area contributed by atoms with Crippen LogP contribution in [0.2, 0.25) is 0 Å². The lowest BCUT2D eigenvalue weighted by atomic mass is 9.89. The Morgan fingerprint density at radius 1 is 1.11 bits per heavy atom. The van der Waals surface area contributed by atoms with Crippen molar-refractivity contribution in [3.05, 3.63) is 65.8 Å². The van der Waals surface area contributed by atoms with E-state index in [0.29, 0.717) is 11.7 Å². The molecule has 1 atom stereocenters. The molecule has 27 heavy (non-hydrogen) atoms. The van der Waals surface area contributed by atoms with Gasteiger partial charge in [-0.1, -0.05) is 35.5 Å². The molecule has 1 unspecified atom stereocenters. The van der Waals surface area contributed by atoms with Crippen LogP contribution in [0.25, 0.3) is 11.4 Å². The van der Waals surface area contributed by atoms with E-state index in [0.717, 1.165) is 30.3 Å².